The fourth-order valence-corrected chi connectivity index (χ4v) is 2.36. The third-order valence-corrected chi connectivity index (χ3v) is 4.20. The van der Waals surface area contributed by atoms with E-state index in [9.17, 15) is 19.5 Å². The van der Waals surface area contributed by atoms with Crippen molar-refractivity contribution < 1.29 is 29.0 Å². The van der Waals surface area contributed by atoms with Crippen molar-refractivity contribution >= 4 is 49.8 Å². The van der Waals surface area contributed by atoms with E-state index < -0.39 is 44.7 Å². The Labute approximate surface area is 152 Å². The zero-order chi connectivity index (χ0) is 18.0. The first-order valence-corrected chi connectivity index (χ1v) is 8.92. The highest BCUT2D eigenvalue weighted by Gasteiger charge is 2.39. The van der Waals surface area contributed by atoms with Crippen molar-refractivity contribution in [2.75, 3.05) is 0 Å². The first-order valence-electron chi connectivity index (χ1n) is 7.33. The SMILES string of the molecule is CC(C)(Br)C(=O)OC1CCC(C(=O)[O-])C(OC(=O)C(C)(C)Br)C1. The molecule has 0 radical (unpaired) electrons. The third kappa shape index (κ3) is 6.06. The van der Waals surface area contributed by atoms with Crippen molar-refractivity contribution in [3.05, 3.63) is 0 Å². The minimum absolute atomic E-state index is 0.141. The summed E-state index contributed by atoms with van der Waals surface area (Å²) in [4.78, 5) is 35.2. The zero-order valence-electron chi connectivity index (χ0n) is 13.6. The smallest absolute Gasteiger partial charge is 0.322 e. The van der Waals surface area contributed by atoms with E-state index in [1.807, 2.05) is 0 Å². The summed E-state index contributed by atoms with van der Waals surface area (Å²) < 4.78 is 8.94. The van der Waals surface area contributed by atoms with Crippen LogP contribution < -0.4 is 5.11 Å². The monoisotopic (exact) mass is 455 g/mol. The van der Waals surface area contributed by atoms with Crippen LogP contribution in [0.4, 0.5) is 0 Å². The molecule has 0 bridgehead atoms. The van der Waals surface area contributed by atoms with Gasteiger partial charge in [0.1, 0.15) is 20.9 Å². The summed E-state index contributed by atoms with van der Waals surface area (Å²) in [6.45, 7) is 6.54. The normalized spacial score (nSPS) is 25.6. The number of carbonyl (C=O) groups is 3. The molecule has 0 saturated heterocycles. The molecule has 1 rings (SSSR count). The summed E-state index contributed by atoms with van der Waals surface area (Å²) >= 11 is 6.40. The van der Waals surface area contributed by atoms with Gasteiger partial charge in [-0.05, 0) is 40.5 Å². The Bertz CT molecular complexity index is 477. The van der Waals surface area contributed by atoms with Crippen LogP contribution in [0.25, 0.3) is 0 Å². The lowest BCUT2D eigenvalue weighted by Gasteiger charge is -2.37. The van der Waals surface area contributed by atoms with Gasteiger partial charge in [0.15, 0.2) is 0 Å². The zero-order valence-corrected chi connectivity index (χ0v) is 16.7. The Morgan fingerprint density at radius 3 is 1.87 bits per heavy atom. The number of alkyl halides is 2. The maximum Gasteiger partial charge on any atom is 0.322 e. The van der Waals surface area contributed by atoms with Gasteiger partial charge in [0.2, 0.25) is 0 Å². The molecule has 1 aliphatic rings. The van der Waals surface area contributed by atoms with Crippen molar-refractivity contribution in [1.29, 1.82) is 0 Å². The Kier molecular flexibility index (Phi) is 6.66. The quantitative estimate of drug-likeness (QED) is 0.461. The Morgan fingerprint density at radius 2 is 1.43 bits per heavy atom. The Morgan fingerprint density at radius 1 is 0.957 bits per heavy atom. The van der Waals surface area contributed by atoms with Crippen LogP contribution in [0.15, 0.2) is 0 Å². The molecule has 0 amide bonds. The summed E-state index contributed by atoms with van der Waals surface area (Å²) in [5.74, 6) is -3.18. The molecule has 1 fully saturated rings. The van der Waals surface area contributed by atoms with Crippen molar-refractivity contribution in [2.24, 2.45) is 5.92 Å². The summed E-state index contributed by atoms with van der Waals surface area (Å²) in [6, 6.07) is 0. The summed E-state index contributed by atoms with van der Waals surface area (Å²) in [6.07, 6.45) is -0.619. The Hall–Kier alpha value is -0.630. The molecule has 1 aliphatic carbocycles. The second-order valence-electron chi connectivity index (χ2n) is 6.65. The number of hydrogen-bond donors (Lipinski definition) is 0. The number of carbonyl (C=O) groups excluding carboxylic acids is 3. The van der Waals surface area contributed by atoms with Crippen LogP contribution in [0.2, 0.25) is 0 Å². The average Bonchev–Trinajstić information content (AvgIpc) is 2.36. The first-order chi connectivity index (χ1) is 10.3. The molecule has 1 saturated carbocycles. The molecule has 0 heterocycles. The lowest BCUT2D eigenvalue weighted by atomic mass is 9.84. The highest BCUT2D eigenvalue weighted by Crippen LogP contribution is 2.32. The molecule has 0 aliphatic heterocycles. The second-order valence-corrected chi connectivity index (χ2v) is 10.6. The van der Waals surface area contributed by atoms with Crippen molar-refractivity contribution in [3.8, 4) is 0 Å². The van der Waals surface area contributed by atoms with E-state index in [2.05, 4.69) is 31.9 Å². The van der Waals surface area contributed by atoms with Crippen LogP contribution in [0.5, 0.6) is 0 Å². The minimum atomic E-state index is -1.26. The predicted octanol–water partition coefficient (Wildman–Crippen LogP) is 1.71. The van der Waals surface area contributed by atoms with Gasteiger partial charge in [-0.2, -0.15) is 0 Å². The largest absolute Gasteiger partial charge is 0.550 e. The molecule has 0 aromatic rings. The molecule has 6 nitrogen and oxygen atoms in total. The maximum atomic E-state index is 12.0. The fraction of sp³-hybridized carbons (Fsp3) is 0.800. The number of esters is 2. The van der Waals surface area contributed by atoms with E-state index >= 15 is 0 Å². The number of hydrogen-bond acceptors (Lipinski definition) is 6. The van der Waals surface area contributed by atoms with Crippen LogP contribution >= 0.6 is 31.9 Å². The predicted molar refractivity (Wildman–Crippen MR) is 88.1 cm³/mol. The number of halogens is 2. The molecule has 8 heteroatoms. The molecular formula is C15H21Br2O6-. The number of ether oxygens (including phenoxy) is 2. The molecule has 0 N–H and O–H groups in total. The number of carboxylic acid groups (broad SMARTS) is 1. The second kappa shape index (κ2) is 7.51. The first kappa shape index (κ1) is 20.4. The molecule has 0 aromatic heterocycles. The number of rotatable bonds is 5. The van der Waals surface area contributed by atoms with Gasteiger partial charge < -0.3 is 19.4 Å². The summed E-state index contributed by atoms with van der Waals surface area (Å²) in [7, 11) is 0. The third-order valence-electron chi connectivity index (χ3n) is 3.55. The lowest BCUT2D eigenvalue weighted by molar-refractivity contribution is -0.316. The van der Waals surface area contributed by atoms with Crippen LogP contribution in [-0.2, 0) is 23.9 Å². The van der Waals surface area contributed by atoms with Gasteiger partial charge in [-0.3, -0.25) is 9.59 Å². The van der Waals surface area contributed by atoms with E-state index in [-0.39, 0.29) is 12.8 Å². The summed E-state index contributed by atoms with van der Waals surface area (Å²) in [5, 5.41) is 11.3. The summed E-state index contributed by atoms with van der Waals surface area (Å²) in [5.41, 5.74) is 0. The number of aliphatic carboxylic acids is 1. The van der Waals surface area contributed by atoms with Crippen molar-refractivity contribution in [1.82, 2.24) is 0 Å². The van der Waals surface area contributed by atoms with Gasteiger partial charge >= 0.3 is 11.9 Å². The Balaban J connectivity index is 2.79. The topological polar surface area (TPSA) is 92.7 Å². The average molecular weight is 457 g/mol. The van der Waals surface area contributed by atoms with Crippen LogP contribution in [0.3, 0.4) is 0 Å². The molecule has 0 aromatic carbocycles. The van der Waals surface area contributed by atoms with E-state index in [0.717, 1.165) is 0 Å². The lowest BCUT2D eigenvalue weighted by Crippen LogP contribution is -2.48. The standard InChI is InChI=1S/C15H22Br2O6/c1-14(2,16)12(20)22-8-5-6-9(11(18)19)10(7-8)23-13(21)15(3,4)17/h8-10H,5-7H2,1-4H3,(H,18,19)/p-1. The van der Waals surface area contributed by atoms with Gasteiger partial charge in [0.25, 0.3) is 0 Å². The minimum Gasteiger partial charge on any atom is -0.550 e. The molecule has 132 valence electrons. The number of carboxylic acids is 1. The van der Waals surface area contributed by atoms with Gasteiger partial charge in [-0.25, -0.2) is 0 Å². The van der Waals surface area contributed by atoms with E-state index in [1.165, 1.54) is 0 Å². The van der Waals surface area contributed by atoms with Crippen LogP contribution in [0, 0.1) is 5.92 Å². The van der Waals surface area contributed by atoms with Gasteiger partial charge in [-0.15, -0.1) is 0 Å². The molecule has 23 heavy (non-hydrogen) atoms. The van der Waals surface area contributed by atoms with E-state index in [1.54, 1.807) is 27.7 Å². The highest BCUT2D eigenvalue weighted by atomic mass is 79.9. The highest BCUT2D eigenvalue weighted by molar-refractivity contribution is 9.10. The van der Waals surface area contributed by atoms with Gasteiger partial charge in [0, 0.05) is 18.3 Å². The molecule has 3 atom stereocenters. The van der Waals surface area contributed by atoms with Crippen LogP contribution in [-0.4, -0.2) is 38.8 Å². The van der Waals surface area contributed by atoms with Crippen molar-refractivity contribution in [2.45, 2.75) is 67.8 Å². The molecule has 3 unspecified atom stereocenters. The molecule has 0 spiro atoms. The van der Waals surface area contributed by atoms with Crippen LogP contribution in [0.1, 0.15) is 47.0 Å². The van der Waals surface area contributed by atoms with Gasteiger partial charge in [0.05, 0.1) is 0 Å². The van der Waals surface area contributed by atoms with Crippen molar-refractivity contribution in [3.63, 3.8) is 0 Å². The molecular weight excluding hydrogens is 436 g/mol. The maximum absolute atomic E-state index is 12.0. The fourth-order valence-electron chi connectivity index (χ4n) is 2.17. The van der Waals surface area contributed by atoms with Gasteiger partial charge in [-0.1, -0.05) is 31.9 Å². The van der Waals surface area contributed by atoms with E-state index in [4.69, 9.17) is 9.47 Å². The van der Waals surface area contributed by atoms with E-state index in [0.29, 0.717) is 6.42 Å².